The molecule has 2 amide bonds. The highest BCUT2D eigenvalue weighted by Crippen LogP contribution is 2.19. The molecule has 0 aliphatic rings. The third-order valence-corrected chi connectivity index (χ3v) is 8.23. The van der Waals surface area contributed by atoms with Crippen molar-refractivity contribution in [1.82, 2.24) is 10.6 Å². The lowest BCUT2D eigenvalue weighted by atomic mass is 10.2. The van der Waals surface area contributed by atoms with E-state index in [1.54, 1.807) is 50.2 Å². The third kappa shape index (κ3) is 26.8. The lowest BCUT2D eigenvalue weighted by Crippen LogP contribution is -2.35. The van der Waals surface area contributed by atoms with E-state index in [9.17, 15) is 24.0 Å². The van der Waals surface area contributed by atoms with Gasteiger partial charge in [0.05, 0.1) is 39.6 Å². The van der Waals surface area contributed by atoms with Crippen molar-refractivity contribution in [2.45, 2.75) is 71.5 Å². The number of unbranched alkanes of at least 4 members (excludes halogenated alkanes) is 4. The zero-order chi connectivity index (χ0) is 46.1. The van der Waals surface area contributed by atoms with Crippen LogP contribution in [0.2, 0.25) is 0 Å². The van der Waals surface area contributed by atoms with Crippen LogP contribution in [0.4, 0.5) is 9.59 Å². The maximum absolute atomic E-state index is 12.5. The molecule has 0 saturated carbocycles. The van der Waals surface area contributed by atoms with Crippen LogP contribution in [0, 0.1) is 0 Å². The number of para-hydroxylation sites is 1. The molecule has 0 bridgehead atoms. The number of alkyl carbamates (subject to hydrolysis) is 2. The fraction of sp³-hybridized carbons (Fsp3) is 0.500. The molecule has 0 aromatic heterocycles. The smallest absolute Gasteiger partial charge is 0.407 e. The number of hydrogen-bond acceptors (Lipinski definition) is 15. The van der Waals surface area contributed by atoms with Crippen LogP contribution in [0.5, 0.6) is 17.2 Å². The molecule has 17 heteroatoms. The fourth-order valence-corrected chi connectivity index (χ4v) is 4.90. The Kier molecular flexibility index (Phi) is 27.5. The summed E-state index contributed by atoms with van der Waals surface area (Å²) < 4.78 is 55.2. The number of nitrogens with one attached hydrogen (secondary N) is 2. The summed E-state index contributed by atoms with van der Waals surface area (Å²) in [5.41, 5.74) is 0.890. The molecule has 2 aromatic rings. The van der Waals surface area contributed by atoms with Gasteiger partial charge in [-0.05, 0) is 83.6 Å². The minimum atomic E-state index is -0.891. The fourth-order valence-electron chi connectivity index (χ4n) is 4.90. The van der Waals surface area contributed by atoms with Gasteiger partial charge in [0.2, 0.25) is 0 Å². The Labute approximate surface area is 370 Å². The molecule has 0 heterocycles. The van der Waals surface area contributed by atoms with Crippen LogP contribution in [-0.4, -0.2) is 121 Å². The van der Waals surface area contributed by atoms with Gasteiger partial charge in [0.25, 0.3) is 0 Å². The highest BCUT2D eigenvalue weighted by molar-refractivity contribution is 5.87. The molecule has 0 fully saturated rings. The SMILES string of the molecule is C=C(C)C(=O)OCCCCCNC(=O)OC(COCCOc1cccc(OCCOCC(COc2ccccc2)OC(=O)NCCCCCOC(=O)C(=C)C)c1)COC(=O)C(=C)C. The van der Waals surface area contributed by atoms with Crippen molar-refractivity contribution in [2.24, 2.45) is 0 Å². The number of carbonyl (C=O) groups excluding carboxylic acids is 5. The Morgan fingerprint density at radius 2 is 0.921 bits per heavy atom. The van der Waals surface area contributed by atoms with Crippen molar-refractivity contribution in [3.63, 3.8) is 0 Å². The van der Waals surface area contributed by atoms with Gasteiger partial charge in [0.15, 0.2) is 12.2 Å². The second kappa shape index (κ2) is 32.6. The lowest BCUT2D eigenvalue weighted by molar-refractivity contribution is -0.143. The van der Waals surface area contributed by atoms with Crippen LogP contribution in [-0.2, 0) is 47.5 Å². The van der Waals surface area contributed by atoms with Gasteiger partial charge >= 0.3 is 30.1 Å². The Morgan fingerprint density at radius 1 is 0.476 bits per heavy atom. The summed E-state index contributed by atoms with van der Waals surface area (Å²) in [6, 6.07) is 16.1. The van der Waals surface area contributed by atoms with Crippen molar-refractivity contribution in [2.75, 3.05) is 79.2 Å². The van der Waals surface area contributed by atoms with E-state index in [1.165, 1.54) is 6.92 Å². The first-order chi connectivity index (χ1) is 30.3. The molecular formula is C46H64N2O15. The first-order valence-electron chi connectivity index (χ1n) is 20.9. The van der Waals surface area contributed by atoms with Crippen LogP contribution >= 0.6 is 0 Å². The Balaban J connectivity index is 1.72. The van der Waals surface area contributed by atoms with Gasteiger partial charge < -0.3 is 58.0 Å². The number of hydrogen-bond donors (Lipinski definition) is 2. The molecule has 2 N–H and O–H groups in total. The highest BCUT2D eigenvalue weighted by Gasteiger charge is 2.19. The monoisotopic (exact) mass is 884 g/mol. The maximum atomic E-state index is 12.5. The van der Waals surface area contributed by atoms with Crippen LogP contribution in [0.15, 0.2) is 91.1 Å². The highest BCUT2D eigenvalue weighted by atomic mass is 16.6. The van der Waals surface area contributed by atoms with Gasteiger partial charge in [-0.25, -0.2) is 24.0 Å². The molecule has 17 nitrogen and oxygen atoms in total. The molecular weight excluding hydrogens is 821 g/mol. The second-order valence-electron chi connectivity index (χ2n) is 14.2. The zero-order valence-corrected chi connectivity index (χ0v) is 36.8. The van der Waals surface area contributed by atoms with E-state index in [0.29, 0.717) is 73.6 Å². The molecule has 0 aliphatic carbocycles. The van der Waals surface area contributed by atoms with Gasteiger partial charge in [-0.3, -0.25) is 0 Å². The second-order valence-corrected chi connectivity index (χ2v) is 14.2. The summed E-state index contributed by atoms with van der Waals surface area (Å²) in [5, 5.41) is 5.38. The van der Waals surface area contributed by atoms with Crippen LogP contribution in [0.3, 0.4) is 0 Å². The number of rotatable bonds is 34. The Morgan fingerprint density at radius 3 is 1.40 bits per heavy atom. The topological polar surface area (TPSA) is 202 Å². The number of ether oxygens (including phenoxy) is 10. The van der Waals surface area contributed by atoms with E-state index in [-0.39, 0.29) is 71.6 Å². The summed E-state index contributed by atoms with van der Waals surface area (Å²) in [5.74, 6) is 0.210. The minimum Gasteiger partial charge on any atom is -0.491 e. The third-order valence-electron chi connectivity index (χ3n) is 8.23. The Bertz CT molecular complexity index is 1720. The van der Waals surface area contributed by atoms with Gasteiger partial charge in [0.1, 0.15) is 43.7 Å². The molecule has 0 saturated heterocycles. The molecule has 348 valence electrons. The first-order valence-corrected chi connectivity index (χ1v) is 20.9. The average molecular weight is 885 g/mol. The van der Waals surface area contributed by atoms with Gasteiger partial charge in [-0.15, -0.1) is 0 Å². The molecule has 63 heavy (non-hydrogen) atoms. The number of amides is 2. The predicted molar refractivity (Wildman–Crippen MR) is 233 cm³/mol. The number of benzene rings is 2. The maximum Gasteiger partial charge on any atom is 0.407 e. The lowest BCUT2D eigenvalue weighted by Gasteiger charge is -2.19. The van der Waals surface area contributed by atoms with E-state index in [2.05, 4.69) is 30.4 Å². The summed E-state index contributed by atoms with van der Waals surface area (Å²) in [4.78, 5) is 59.8. The van der Waals surface area contributed by atoms with Crippen molar-refractivity contribution < 1.29 is 71.3 Å². The normalized spacial score (nSPS) is 11.5. The number of carbonyl (C=O) groups is 5. The molecule has 0 spiro atoms. The molecule has 0 aliphatic heterocycles. The molecule has 0 radical (unpaired) electrons. The summed E-state index contributed by atoms with van der Waals surface area (Å²) in [6.45, 7) is 17.1. The first kappa shape index (κ1) is 53.1. The largest absolute Gasteiger partial charge is 0.491 e. The molecule has 2 rings (SSSR count). The van der Waals surface area contributed by atoms with Crippen molar-refractivity contribution in [1.29, 1.82) is 0 Å². The van der Waals surface area contributed by atoms with Gasteiger partial charge in [-0.1, -0.05) is 44.0 Å². The van der Waals surface area contributed by atoms with E-state index in [4.69, 9.17) is 47.4 Å². The van der Waals surface area contributed by atoms with Crippen LogP contribution in [0.1, 0.15) is 59.3 Å². The predicted octanol–water partition coefficient (Wildman–Crippen LogP) is 6.44. The van der Waals surface area contributed by atoms with Crippen LogP contribution < -0.4 is 24.8 Å². The van der Waals surface area contributed by atoms with Gasteiger partial charge in [0, 0.05) is 35.9 Å². The summed E-state index contributed by atoms with van der Waals surface area (Å²) in [6.07, 6.45) is 1.17. The Hall–Kier alpha value is -6.07. The van der Waals surface area contributed by atoms with Crippen molar-refractivity contribution in [3.8, 4) is 17.2 Å². The summed E-state index contributed by atoms with van der Waals surface area (Å²) >= 11 is 0. The minimum absolute atomic E-state index is 0.0610. The van der Waals surface area contributed by atoms with E-state index in [1.807, 2.05) is 18.2 Å². The van der Waals surface area contributed by atoms with Crippen molar-refractivity contribution in [3.05, 3.63) is 91.1 Å². The molecule has 2 aromatic carbocycles. The quantitative estimate of drug-likeness (QED) is 0.0336. The zero-order valence-electron chi connectivity index (χ0n) is 36.8. The molecule has 2 unspecified atom stereocenters. The van der Waals surface area contributed by atoms with E-state index >= 15 is 0 Å². The van der Waals surface area contributed by atoms with E-state index < -0.39 is 42.3 Å². The molecule has 2 atom stereocenters. The number of esters is 3. The van der Waals surface area contributed by atoms with Crippen molar-refractivity contribution >= 4 is 30.1 Å². The van der Waals surface area contributed by atoms with Gasteiger partial charge in [-0.2, -0.15) is 0 Å². The van der Waals surface area contributed by atoms with E-state index in [0.717, 1.165) is 6.42 Å². The standard InChI is InChI=1S/C46H64N2O15/c1-34(2)42(49)58-23-14-8-12-21-47-45(52)62-40(32-60-37-17-10-7-11-18-37)30-54-25-27-56-38-19-16-20-39(29-38)57-28-26-55-31-41(33-61-44(51)36(5)6)63-46(53)48-22-13-9-15-24-59-43(50)35(3)4/h7,10-11,16-20,29,40-41H,1,3,5,8-9,12-15,21-28,30-33H2,2,4,6H3,(H,47,52)(H,48,53). The summed E-state index contributed by atoms with van der Waals surface area (Å²) in [7, 11) is 0. The van der Waals surface area contributed by atoms with Crippen LogP contribution in [0.25, 0.3) is 0 Å². The average Bonchev–Trinajstić information content (AvgIpc) is 3.26.